The zero-order valence-corrected chi connectivity index (χ0v) is 21.0. The molecule has 0 fully saturated rings. The van der Waals surface area contributed by atoms with E-state index in [1.165, 1.54) is 16.6 Å². The van der Waals surface area contributed by atoms with Gasteiger partial charge in [-0.15, -0.1) is 0 Å². The molecule has 0 aliphatic carbocycles. The molecule has 0 atom stereocenters. The first-order valence-corrected chi connectivity index (χ1v) is 12.7. The van der Waals surface area contributed by atoms with Gasteiger partial charge < -0.3 is 14.0 Å². The molecule has 0 saturated carbocycles. The van der Waals surface area contributed by atoms with Crippen molar-refractivity contribution in [3.8, 4) is 39.8 Å². The van der Waals surface area contributed by atoms with Gasteiger partial charge in [0.15, 0.2) is 23.0 Å². The average molecular weight is 492 g/mol. The van der Waals surface area contributed by atoms with Gasteiger partial charge in [0.05, 0.1) is 5.52 Å². The summed E-state index contributed by atoms with van der Waals surface area (Å²) < 4.78 is 14.9. The van der Waals surface area contributed by atoms with E-state index in [2.05, 4.69) is 90.9 Å². The zero-order chi connectivity index (χ0) is 25.6. The van der Waals surface area contributed by atoms with Gasteiger partial charge in [-0.05, 0) is 71.3 Å². The maximum absolute atomic E-state index is 6.35. The Bertz CT molecular complexity index is 1890. The van der Waals surface area contributed by atoms with Gasteiger partial charge in [0.1, 0.15) is 0 Å². The Morgan fingerprint density at radius 3 is 2.03 bits per heavy atom. The van der Waals surface area contributed by atoms with Crippen molar-refractivity contribution in [2.45, 2.75) is 6.92 Å². The molecule has 1 aliphatic heterocycles. The van der Waals surface area contributed by atoms with E-state index in [1.54, 1.807) is 0 Å². The minimum Gasteiger partial charge on any atom is -0.449 e. The molecule has 0 radical (unpaired) electrons. The molecule has 38 heavy (non-hydrogen) atoms. The fourth-order valence-electron chi connectivity index (χ4n) is 5.35. The molecule has 0 N–H and O–H groups in total. The van der Waals surface area contributed by atoms with Crippen molar-refractivity contribution in [3.05, 3.63) is 133 Å². The van der Waals surface area contributed by atoms with E-state index in [1.807, 2.05) is 48.6 Å². The molecule has 2 heterocycles. The summed E-state index contributed by atoms with van der Waals surface area (Å²) in [5.74, 6) is 2.91. The molecule has 182 valence electrons. The topological polar surface area (TPSA) is 23.4 Å². The third kappa shape index (κ3) is 3.60. The van der Waals surface area contributed by atoms with Crippen LogP contribution in [-0.4, -0.2) is 4.57 Å². The summed E-state index contributed by atoms with van der Waals surface area (Å²) >= 11 is 0. The van der Waals surface area contributed by atoms with Gasteiger partial charge in [0, 0.05) is 22.3 Å². The average Bonchev–Trinajstić information content (AvgIpc) is 3.24. The molecule has 3 nitrogen and oxygen atoms in total. The van der Waals surface area contributed by atoms with E-state index in [-0.39, 0.29) is 0 Å². The van der Waals surface area contributed by atoms with Crippen LogP contribution < -0.4 is 9.47 Å². The van der Waals surface area contributed by atoms with Crippen molar-refractivity contribution in [2.75, 3.05) is 0 Å². The fourth-order valence-corrected chi connectivity index (χ4v) is 5.35. The van der Waals surface area contributed by atoms with Gasteiger partial charge in [-0.1, -0.05) is 85.5 Å². The summed E-state index contributed by atoms with van der Waals surface area (Å²) in [5.41, 5.74) is 6.86. The molecule has 1 aromatic heterocycles. The largest absolute Gasteiger partial charge is 0.449 e. The lowest BCUT2D eigenvalue weighted by atomic mass is 10.0. The zero-order valence-electron chi connectivity index (χ0n) is 21.0. The normalized spacial score (nSPS) is 12.2. The number of rotatable bonds is 4. The lowest BCUT2D eigenvalue weighted by molar-refractivity contribution is 0.360. The van der Waals surface area contributed by atoms with E-state index in [9.17, 15) is 0 Å². The first kappa shape index (κ1) is 22.2. The predicted octanol–water partition coefficient (Wildman–Crippen LogP) is 9.86. The van der Waals surface area contributed by atoms with Crippen molar-refractivity contribution >= 4 is 27.8 Å². The number of hydrogen-bond donors (Lipinski definition) is 0. The van der Waals surface area contributed by atoms with E-state index in [0.717, 1.165) is 56.1 Å². The number of hydrogen-bond acceptors (Lipinski definition) is 2. The molecule has 0 amide bonds. The molecule has 0 spiro atoms. The van der Waals surface area contributed by atoms with Gasteiger partial charge in [0.25, 0.3) is 0 Å². The second-order valence-corrected chi connectivity index (χ2v) is 9.51. The Hall–Kier alpha value is -5.02. The number of benzene rings is 5. The SMILES string of the molecule is C=C/C=C\c1c(C)n(-c2ccccc2)c2cc(-c3ccc4c(c3)Oc3cc5ccccc5cc3O4)ccc12. The highest BCUT2D eigenvalue weighted by Gasteiger charge is 2.21. The first-order valence-electron chi connectivity index (χ1n) is 12.7. The highest BCUT2D eigenvalue weighted by molar-refractivity contribution is 5.95. The van der Waals surface area contributed by atoms with Gasteiger partial charge >= 0.3 is 0 Å². The Morgan fingerprint density at radius 1 is 0.658 bits per heavy atom. The molecule has 5 aromatic carbocycles. The summed E-state index contributed by atoms with van der Waals surface area (Å²) in [6.45, 7) is 6.02. The van der Waals surface area contributed by atoms with Crippen LogP contribution in [-0.2, 0) is 0 Å². The van der Waals surface area contributed by atoms with Crippen LogP contribution in [0, 0.1) is 6.92 Å². The highest BCUT2D eigenvalue weighted by atomic mass is 16.6. The smallest absolute Gasteiger partial charge is 0.170 e. The highest BCUT2D eigenvalue weighted by Crippen LogP contribution is 2.48. The minimum atomic E-state index is 0.717. The van der Waals surface area contributed by atoms with Crippen molar-refractivity contribution in [1.82, 2.24) is 4.57 Å². The molecule has 0 bridgehead atoms. The van der Waals surface area contributed by atoms with E-state index in [0.29, 0.717) is 0 Å². The van der Waals surface area contributed by atoms with Crippen molar-refractivity contribution < 1.29 is 9.47 Å². The van der Waals surface area contributed by atoms with Crippen molar-refractivity contribution in [1.29, 1.82) is 0 Å². The Labute approximate surface area is 221 Å². The van der Waals surface area contributed by atoms with Crippen LogP contribution in [0.15, 0.2) is 122 Å². The number of aromatic nitrogens is 1. The number of nitrogens with zero attached hydrogens (tertiary/aromatic N) is 1. The summed E-state index contributed by atoms with van der Waals surface area (Å²) in [7, 11) is 0. The molecular formula is C35H25NO2. The van der Waals surface area contributed by atoms with Crippen LogP contribution in [0.25, 0.3) is 44.6 Å². The van der Waals surface area contributed by atoms with Crippen LogP contribution in [0.5, 0.6) is 23.0 Å². The lowest BCUT2D eigenvalue weighted by Gasteiger charge is -2.22. The van der Waals surface area contributed by atoms with Crippen molar-refractivity contribution in [2.24, 2.45) is 0 Å². The first-order chi connectivity index (χ1) is 18.7. The van der Waals surface area contributed by atoms with Crippen LogP contribution in [0.2, 0.25) is 0 Å². The van der Waals surface area contributed by atoms with E-state index in [4.69, 9.17) is 9.47 Å². The fraction of sp³-hybridized carbons (Fsp3) is 0.0286. The lowest BCUT2D eigenvalue weighted by Crippen LogP contribution is -1.99. The number of para-hydroxylation sites is 1. The third-order valence-corrected chi connectivity index (χ3v) is 7.20. The molecule has 0 unspecified atom stereocenters. The summed E-state index contributed by atoms with van der Waals surface area (Å²) in [6, 6.07) is 35.6. The maximum atomic E-state index is 6.35. The quantitative estimate of drug-likeness (QED) is 0.229. The van der Waals surface area contributed by atoms with E-state index < -0.39 is 0 Å². The van der Waals surface area contributed by atoms with Crippen LogP contribution in [0.1, 0.15) is 11.3 Å². The number of fused-ring (bicyclic) bond motifs is 4. The third-order valence-electron chi connectivity index (χ3n) is 7.20. The summed E-state index contributed by atoms with van der Waals surface area (Å²) in [6.07, 6.45) is 5.94. The monoisotopic (exact) mass is 491 g/mol. The minimum absolute atomic E-state index is 0.717. The Balaban J connectivity index is 1.34. The Kier molecular flexibility index (Phi) is 5.15. The van der Waals surface area contributed by atoms with Gasteiger partial charge in [-0.3, -0.25) is 0 Å². The summed E-state index contributed by atoms with van der Waals surface area (Å²) in [4.78, 5) is 0. The van der Waals surface area contributed by atoms with Gasteiger partial charge in [-0.2, -0.15) is 0 Å². The standard InChI is InChI=1S/C35H25NO2/c1-3-4-14-29-23(2)36(28-12-6-5-7-13-28)31-19-26(15-17-30(29)31)27-16-18-32-33(22-27)38-35-21-25-11-9-8-10-24(25)20-34(35)37-32/h3-22H,1H2,2H3/b14-4-. The maximum Gasteiger partial charge on any atom is 0.170 e. The second-order valence-electron chi connectivity index (χ2n) is 9.51. The van der Waals surface area contributed by atoms with Crippen LogP contribution >= 0.6 is 0 Å². The van der Waals surface area contributed by atoms with Crippen LogP contribution in [0.4, 0.5) is 0 Å². The molecule has 0 saturated heterocycles. The second kappa shape index (κ2) is 8.82. The summed E-state index contributed by atoms with van der Waals surface area (Å²) in [5, 5.41) is 3.45. The van der Waals surface area contributed by atoms with Gasteiger partial charge in [-0.25, -0.2) is 0 Å². The van der Waals surface area contributed by atoms with E-state index >= 15 is 0 Å². The van der Waals surface area contributed by atoms with Crippen LogP contribution in [0.3, 0.4) is 0 Å². The molecule has 7 rings (SSSR count). The molecule has 6 aromatic rings. The predicted molar refractivity (Wildman–Crippen MR) is 157 cm³/mol. The Morgan fingerprint density at radius 2 is 1.29 bits per heavy atom. The number of allylic oxidation sites excluding steroid dienone is 2. The molecule has 3 heteroatoms. The number of ether oxygens (including phenoxy) is 2. The van der Waals surface area contributed by atoms with Crippen molar-refractivity contribution in [3.63, 3.8) is 0 Å². The van der Waals surface area contributed by atoms with Gasteiger partial charge in [0.2, 0.25) is 0 Å². The molecular weight excluding hydrogens is 466 g/mol. The molecule has 1 aliphatic rings.